The van der Waals surface area contributed by atoms with Crippen molar-refractivity contribution in [2.45, 2.75) is 24.1 Å². The average molecular weight is 386 g/mol. The predicted octanol–water partition coefficient (Wildman–Crippen LogP) is 4.08. The maximum atomic E-state index is 12.3. The average Bonchev–Trinajstić information content (AvgIpc) is 3.10. The Hall–Kier alpha value is -2.38. The van der Waals surface area contributed by atoms with Crippen LogP contribution in [0.5, 0.6) is 5.88 Å². The van der Waals surface area contributed by atoms with E-state index in [0.29, 0.717) is 18.0 Å². The Morgan fingerprint density at radius 3 is 2.77 bits per heavy atom. The summed E-state index contributed by atoms with van der Waals surface area (Å²) in [5.74, 6) is 1.26. The number of carbonyl (C=O) groups excluding carboxylic acids is 1. The van der Waals surface area contributed by atoms with Gasteiger partial charge in [0.25, 0.3) is 5.91 Å². The number of nitrogens with one attached hydrogen (secondary N) is 1. The smallest absolute Gasteiger partial charge is 0.251 e. The molecule has 0 unspecified atom stereocenters. The minimum absolute atomic E-state index is 0.104. The van der Waals surface area contributed by atoms with Gasteiger partial charge in [-0.3, -0.25) is 4.79 Å². The number of benzene rings is 1. The summed E-state index contributed by atoms with van der Waals surface area (Å²) in [4.78, 5) is 21.9. The number of carbonyl (C=O) groups is 1. The van der Waals surface area contributed by atoms with Gasteiger partial charge in [0.2, 0.25) is 5.88 Å². The van der Waals surface area contributed by atoms with Gasteiger partial charge in [-0.05, 0) is 42.8 Å². The van der Waals surface area contributed by atoms with Crippen LogP contribution in [0.4, 0.5) is 0 Å². The van der Waals surface area contributed by atoms with Crippen LogP contribution >= 0.6 is 23.1 Å². The molecule has 0 radical (unpaired) electrons. The van der Waals surface area contributed by atoms with Crippen LogP contribution < -0.4 is 10.1 Å². The molecule has 1 amide bonds. The van der Waals surface area contributed by atoms with Crippen molar-refractivity contribution in [1.82, 2.24) is 15.3 Å². The van der Waals surface area contributed by atoms with Gasteiger partial charge in [-0.25, -0.2) is 9.97 Å². The Balaban J connectivity index is 1.53. The number of aromatic nitrogens is 2. The van der Waals surface area contributed by atoms with Crippen LogP contribution in [0.3, 0.4) is 0 Å². The van der Waals surface area contributed by atoms with Gasteiger partial charge < -0.3 is 10.1 Å². The number of thiazole rings is 1. The minimum Gasteiger partial charge on any atom is -0.481 e. The molecule has 0 atom stereocenters. The molecule has 0 saturated heterocycles. The summed E-state index contributed by atoms with van der Waals surface area (Å²) in [6.45, 7) is 2.44. The molecule has 0 aliphatic carbocycles. The molecule has 0 fully saturated rings. The van der Waals surface area contributed by atoms with E-state index in [4.69, 9.17) is 4.74 Å². The first kappa shape index (κ1) is 18.4. The Morgan fingerprint density at radius 1 is 1.27 bits per heavy atom. The van der Waals surface area contributed by atoms with Crippen molar-refractivity contribution in [2.24, 2.45) is 0 Å². The van der Waals surface area contributed by atoms with E-state index in [0.717, 1.165) is 26.9 Å². The number of hydrogen-bond donors (Lipinski definition) is 1. The third-order valence-electron chi connectivity index (χ3n) is 3.63. The highest BCUT2D eigenvalue weighted by molar-refractivity contribution is 7.98. The number of thioether (sulfide) groups is 1. The van der Waals surface area contributed by atoms with Crippen LogP contribution in [0.15, 0.2) is 52.9 Å². The van der Waals surface area contributed by atoms with E-state index >= 15 is 0 Å². The highest BCUT2D eigenvalue weighted by atomic mass is 32.2. The van der Waals surface area contributed by atoms with Crippen LogP contribution in [0, 0.1) is 6.92 Å². The molecule has 0 aliphatic heterocycles. The quantitative estimate of drug-likeness (QED) is 0.621. The summed E-state index contributed by atoms with van der Waals surface area (Å²) in [6, 6.07) is 11.3. The van der Waals surface area contributed by atoms with Crippen molar-refractivity contribution in [2.75, 3.05) is 7.11 Å². The highest BCUT2D eigenvalue weighted by Crippen LogP contribution is 2.23. The molecule has 0 bridgehead atoms. The SMILES string of the molecule is COc1cc(CNC(=O)c2ccc(SCc3csc(C)n3)cc2)ccn1. The monoisotopic (exact) mass is 385 g/mol. The van der Waals surface area contributed by atoms with Crippen molar-refractivity contribution in [3.05, 3.63) is 69.8 Å². The molecular weight excluding hydrogens is 366 g/mol. The summed E-state index contributed by atoms with van der Waals surface area (Å²) in [7, 11) is 1.57. The van der Waals surface area contributed by atoms with Crippen molar-refractivity contribution < 1.29 is 9.53 Å². The van der Waals surface area contributed by atoms with Gasteiger partial charge >= 0.3 is 0 Å². The van der Waals surface area contributed by atoms with E-state index in [9.17, 15) is 4.79 Å². The van der Waals surface area contributed by atoms with Crippen molar-refractivity contribution in [3.63, 3.8) is 0 Å². The molecule has 3 rings (SSSR count). The molecule has 3 aromatic rings. The lowest BCUT2D eigenvalue weighted by Crippen LogP contribution is -2.22. The Labute approximate surface area is 160 Å². The fraction of sp³-hybridized carbons (Fsp3) is 0.211. The second kappa shape index (κ2) is 8.82. The predicted molar refractivity (Wildman–Crippen MR) is 105 cm³/mol. The van der Waals surface area contributed by atoms with Gasteiger partial charge in [-0.15, -0.1) is 23.1 Å². The summed E-state index contributed by atoms with van der Waals surface area (Å²) in [6.07, 6.45) is 1.66. The lowest BCUT2D eigenvalue weighted by Gasteiger charge is -2.07. The second-order valence-corrected chi connectivity index (χ2v) is 7.67. The topological polar surface area (TPSA) is 64.1 Å². The molecule has 1 aromatic carbocycles. The lowest BCUT2D eigenvalue weighted by molar-refractivity contribution is 0.0951. The van der Waals surface area contributed by atoms with Gasteiger partial charge in [0.15, 0.2) is 0 Å². The van der Waals surface area contributed by atoms with Crippen molar-refractivity contribution in [3.8, 4) is 5.88 Å². The molecule has 134 valence electrons. The molecule has 1 N–H and O–H groups in total. The lowest BCUT2D eigenvalue weighted by atomic mass is 10.2. The van der Waals surface area contributed by atoms with Crippen molar-refractivity contribution in [1.29, 1.82) is 0 Å². The zero-order valence-corrected chi connectivity index (χ0v) is 16.2. The molecule has 0 aliphatic rings. The van der Waals surface area contributed by atoms with E-state index in [1.807, 2.05) is 37.3 Å². The number of ether oxygens (including phenoxy) is 1. The van der Waals surface area contributed by atoms with Crippen LogP contribution in [0.25, 0.3) is 0 Å². The maximum absolute atomic E-state index is 12.3. The van der Waals surface area contributed by atoms with Gasteiger partial charge in [-0.1, -0.05) is 0 Å². The standard InChI is InChI=1S/C19H19N3O2S2/c1-13-22-16(11-25-13)12-26-17-5-3-15(4-6-17)19(23)21-10-14-7-8-20-18(9-14)24-2/h3-9,11H,10,12H2,1-2H3,(H,21,23). The Bertz CT molecular complexity index is 879. The molecular formula is C19H19N3O2S2. The Morgan fingerprint density at radius 2 is 2.08 bits per heavy atom. The van der Waals surface area contributed by atoms with E-state index in [1.54, 1.807) is 42.5 Å². The molecule has 5 nitrogen and oxygen atoms in total. The summed E-state index contributed by atoms with van der Waals surface area (Å²) in [5, 5.41) is 6.07. The van der Waals surface area contributed by atoms with Crippen LogP contribution in [0.1, 0.15) is 26.6 Å². The Kier molecular flexibility index (Phi) is 6.25. The molecule has 7 heteroatoms. The molecule has 2 heterocycles. The molecule has 0 saturated carbocycles. The summed E-state index contributed by atoms with van der Waals surface area (Å²) >= 11 is 3.38. The third-order valence-corrected chi connectivity index (χ3v) is 5.50. The third kappa shape index (κ3) is 5.06. The minimum atomic E-state index is -0.104. The van der Waals surface area contributed by atoms with Gasteiger partial charge in [0, 0.05) is 40.4 Å². The molecule has 0 spiro atoms. The van der Waals surface area contributed by atoms with E-state index in [1.165, 1.54) is 0 Å². The van der Waals surface area contributed by atoms with E-state index < -0.39 is 0 Å². The van der Waals surface area contributed by atoms with Gasteiger partial charge in [0.1, 0.15) is 0 Å². The van der Waals surface area contributed by atoms with Crippen molar-refractivity contribution >= 4 is 29.0 Å². The first-order chi connectivity index (χ1) is 12.6. The number of amides is 1. The van der Waals surface area contributed by atoms with Crippen LogP contribution in [0.2, 0.25) is 0 Å². The fourth-order valence-corrected chi connectivity index (χ4v) is 3.80. The number of nitrogens with zero attached hydrogens (tertiary/aromatic N) is 2. The zero-order chi connectivity index (χ0) is 18.4. The first-order valence-electron chi connectivity index (χ1n) is 8.05. The first-order valence-corrected chi connectivity index (χ1v) is 9.91. The summed E-state index contributed by atoms with van der Waals surface area (Å²) < 4.78 is 5.09. The molecule has 26 heavy (non-hydrogen) atoms. The zero-order valence-electron chi connectivity index (χ0n) is 14.6. The van der Waals surface area contributed by atoms with Gasteiger partial charge in [-0.2, -0.15) is 0 Å². The largest absolute Gasteiger partial charge is 0.481 e. The molecule has 2 aromatic heterocycles. The number of rotatable bonds is 7. The van der Waals surface area contributed by atoms with E-state index in [2.05, 4.69) is 20.7 Å². The number of methoxy groups -OCH3 is 1. The normalized spacial score (nSPS) is 10.5. The summed E-state index contributed by atoms with van der Waals surface area (Å²) in [5.41, 5.74) is 2.67. The van der Waals surface area contributed by atoms with Crippen LogP contribution in [-0.2, 0) is 12.3 Å². The number of pyridine rings is 1. The van der Waals surface area contributed by atoms with E-state index in [-0.39, 0.29) is 5.91 Å². The second-order valence-electron chi connectivity index (χ2n) is 5.56. The highest BCUT2D eigenvalue weighted by Gasteiger charge is 2.07. The number of hydrogen-bond acceptors (Lipinski definition) is 6. The van der Waals surface area contributed by atoms with Gasteiger partial charge in [0.05, 0.1) is 17.8 Å². The number of aryl methyl sites for hydroxylation is 1. The maximum Gasteiger partial charge on any atom is 0.251 e. The van der Waals surface area contributed by atoms with Crippen LogP contribution in [-0.4, -0.2) is 23.0 Å². The fourth-order valence-electron chi connectivity index (χ4n) is 2.29.